The molecule has 1 heterocycles. The Hall–Kier alpha value is -2.50. The zero-order valence-electron chi connectivity index (χ0n) is 17.1. The van der Waals surface area contributed by atoms with Gasteiger partial charge in [0.2, 0.25) is 0 Å². The van der Waals surface area contributed by atoms with Crippen LogP contribution in [0.3, 0.4) is 0 Å². The molecule has 5 heteroatoms. The van der Waals surface area contributed by atoms with Gasteiger partial charge in [-0.3, -0.25) is 4.57 Å². The quantitative estimate of drug-likeness (QED) is 0.276. The lowest BCUT2D eigenvalue weighted by Gasteiger charge is -2.23. The number of aryl methyl sites for hydroxylation is 1. The number of benzene rings is 3. The van der Waals surface area contributed by atoms with Gasteiger partial charge in [0.15, 0.2) is 0 Å². The molecule has 0 bridgehead atoms. The van der Waals surface area contributed by atoms with Crippen molar-refractivity contribution in [1.29, 1.82) is 0 Å². The number of aromatic nitrogens is 2. The van der Waals surface area contributed by atoms with Crippen molar-refractivity contribution in [2.75, 3.05) is 0 Å². The van der Waals surface area contributed by atoms with Crippen molar-refractivity contribution in [2.24, 2.45) is 0 Å². The monoisotopic (exact) mass is 536 g/mol. The van der Waals surface area contributed by atoms with Gasteiger partial charge >= 0.3 is 5.69 Å². The molecule has 0 saturated carbocycles. The molecule has 0 N–H and O–H groups in total. The van der Waals surface area contributed by atoms with E-state index >= 15 is 0 Å². The highest BCUT2D eigenvalue weighted by atomic mass is 79.9. The molecular weight excluding hydrogens is 516 g/mol. The molecule has 0 radical (unpaired) electrons. The maximum atomic E-state index is 13.0. The van der Waals surface area contributed by atoms with E-state index in [1.165, 1.54) is 11.1 Å². The SMILES string of the molecule is Cc1cc(C(Cc2ccc(Br)cc2)Cc2ccc(Br)cc2)n(-c2ccccc2)c(=O)n1. The van der Waals surface area contributed by atoms with Crippen molar-refractivity contribution in [3.63, 3.8) is 0 Å². The van der Waals surface area contributed by atoms with Gasteiger partial charge in [-0.25, -0.2) is 4.79 Å². The van der Waals surface area contributed by atoms with Crippen LogP contribution in [0.25, 0.3) is 5.69 Å². The smallest absolute Gasteiger partial charge is 0.265 e. The molecule has 4 rings (SSSR count). The third kappa shape index (κ3) is 5.41. The molecular formula is C26H22Br2N2O. The third-order valence-corrected chi connectivity index (χ3v) is 6.36. The van der Waals surface area contributed by atoms with Crippen LogP contribution in [-0.4, -0.2) is 9.55 Å². The lowest BCUT2D eigenvalue weighted by atomic mass is 9.89. The number of hydrogen-bond donors (Lipinski definition) is 0. The topological polar surface area (TPSA) is 34.9 Å². The summed E-state index contributed by atoms with van der Waals surface area (Å²) in [5, 5.41) is 0. The van der Waals surface area contributed by atoms with Crippen LogP contribution in [-0.2, 0) is 12.8 Å². The third-order valence-electron chi connectivity index (χ3n) is 5.30. The fraction of sp³-hybridized carbons (Fsp3) is 0.154. The van der Waals surface area contributed by atoms with E-state index in [-0.39, 0.29) is 11.6 Å². The molecule has 0 saturated heterocycles. The van der Waals surface area contributed by atoms with E-state index in [1.807, 2.05) is 37.3 Å². The van der Waals surface area contributed by atoms with Crippen LogP contribution in [0.15, 0.2) is 98.7 Å². The molecule has 31 heavy (non-hydrogen) atoms. The summed E-state index contributed by atoms with van der Waals surface area (Å²) in [6.07, 6.45) is 1.64. The zero-order chi connectivity index (χ0) is 21.8. The Morgan fingerprint density at radius 2 is 1.32 bits per heavy atom. The number of rotatable bonds is 6. The minimum atomic E-state index is -0.238. The number of nitrogens with zero attached hydrogens (tertiary/aromatic N) is 2. The molecule has 156 valence electrons. The first-order chi connectivity index (χ1) is 15.0. The Morgan fingerprint density at radius 1 is 0.806 bits per heavy atom. The van der Waals surface area contributed by atoms with Gasteiger partial charge in [-0.05, 0) is 73.4 Å². The summed E-state index contributed by atoms with van der Waals surface area (Å²) in [7, 11) is 0. The summed E-state index contributed by atoms with van der Waals surface area (Å²) in [5.41, 5.74) is 4.78. The van der Waals surface area contributed by atoms with Gasteiger partial charge in [0.25, 0.3) is 0 Å². The van der Waals surface area contributed by atoms with Crippen molar-refractivity contribution in [3.8, 4) is 5.69 Å². The molecule has 3 nitrogen and oxygen atoms in total. The minimum Gasteiger partial charge on any atom is -0.265 e. The summed E-state index contributed by atoms with van der Waals surface area (Å²) < 4.78 is 3.87. The number of hydrogen-bond acceptors (Lipinski definition) is 2. The summed E-state index contributed by atoms with van der Waals surface area (Å²) in [6, 6.07) is 28.6. The van der Waals surface area contributed by atoms with Crippen molar-refractivity contribution in [2.45, 2.75) is 25.7 Å². The first-order valence-electron chi connectivity index (χ1n) is 10.1. The molecule has 0 unspecified atom stereocenters. The Balaban J connectivity index is 1.83. The van der Waals surface area contributed by atoms with E-state index in [9.17, 15) is 4.79 Å². The van der Waals surface area contributed by atoms with E-state index in [0.29, 0.717) is 0 Å². The van der Waals surface area contributed by atoms with Gasteiger partial charge in [0, 0.05) is 26.3 Å². The van der Waals surface area contributed by atoms with E-state index in [1.54, 1.807) is 4.57 Å². The molecule has 1 aromatic heterocycles. The first kappa shape index (κ1) is 21.7. The average Bonchev–Trinajstić information content (AvgIpc) is 2.76. The zero-order valence-corrected chi connectivity index (χ0v) is 20.3. The van der Waals surface area contributed by atoms with Crippen molar-refractivity contribution in [1.82, 2.24) is 9.55 Å². The first-order valence-corrected chi connectivity index (χ1v) is 11.7. The Kier molecular flexibility index (Phi) is 6.83. The predicted molar refractivity (Wildman–Crippen MR) is 133 cm³/mol. The Bertz CT molecular complexity index is 1170. The van der Waals surface area contributed by atoms with Crippen LogP contribution in [0.2, 0.25) is 0 Å². The van der Waals surface area contributed by atoms with Gasteiger partial charge in [0.1, 0.15) is 0 Å². The normalized spacial score (nSPS) is 11.1. The minimum absolute atomic E-state index is 0.108. The largest absolute Gasteiger partial charge is 0.352 e. The Morgan fingerprint density at radius 3 is 1.84 bits per heavy atom. The second-order valence-electron chi connectivity index (χ2n) is 7.63. The Labute approximate surface area is 199 Å². The molecule has 0 atom stereocenters. The maximum absolute atomic E-state index is 13.0. The van der Waals surface area contributed by atoms with Crippen LogP contribution >= 0.6 is 31.9 Å². The summed E-state index contributed by atoms with van der Waals surface area (Å²) >= 11 is 7.04. The highest BCUT2D eigenvalue weighted by Gasteiger charge is 2.20. The molecule has 0 spiro atoms. The predicted octanol–water partition coefficient (Wildman–Crippen LogP) is 6.63. The van der Waals surface area contributed by atoms with Crippen LogP contribution < -0.4 is 5.69 Å². The second-order valence-corrected chi connectivity index (χ2v) is 9.47. The van der Waals surface area contributed by atoms with Crippen LogP contribution in [0.5, 0.6) is 0 Å². The van der Waals surface area contributed by atoms with Gasteiger partial charge < -0.3 is 0 Å². The van der Waals surface area contributed by atoms with E-state index in [2.05, 4.69) is 91.4 Å². The summed E-state index contributed by atoms with van der Waals surface area (Å²) in [4.78, 5) is 17.2. The van der Waals surface area contributed by atoms with Crippen LogP contribution in [0, 0.1) is 6.92 Å². The maximum Gasteiger partial charge on any atom is 0.352 e. The van der Waals surface area contributed by atoms with Gasteiger partial charge in [-0.1, -0.05) is 74.3 Å². The summed E-state index contributed by atoms with van der Waals surface area (Å²) in [5.74, 6) is 0.108. The van der Waals surface area contributed by atoms with Crippen molar-refractivity contribution >= 4 is 31.9 Å². The van der Waals surface area contributed by atoms with Crippen molar-refractivity contribution in [3.05, 3.63) is 127 Å². The van der Waals surface area contributed by atoms with Gasteiger partial charge in [0.05, 0.1) is 5.69 Å². The highest BCUT2D eigenvalue weighted by Crippen LogP contribution is 2.28. The van der Waals surface area contributed by atoms with Gasteiger partial charge in [-0.15, -0.1) is 0 Å². The fourth-order valence-electron chi connectivity index (χ4n) is 3.85. The van der Waals surface area contributed by atoms with Crippen LogP contribution in [0.1, 0.15) is 28.4 Å². The average molecular weight is 538 g/mol. The molecule has 0 aliphatic rings. The lowest BCUT2D eigenvalue weighted by Crippen LogP contribution is -2.28. The van der Waals surface area contributed by atoms with Crippen LogP contribution in [0.4, 0.5) is 0 Å². The van der Waals surface area contributed by atoms with Crippen molar-refractivity contribution < 1.29 is 0 Å². The standard InChI is InChI=1S/C26H22Br2N2O/c1-18-15-25(30(26(31)29-18)24-5-3-2-4-6-24)21(16-19-7-11-22(27)12-8-19)17-20-9-13-23(28)14-10-20/h2-15,21H,16-17H2,1H3. The number of para-hydroxylation sites is 1. The van der Waals surface area contributed by atoms with E-state index in [4.69, 9.17) is 0 Å². The molecule has 3 aromatic carbocycles. The second kappa shape index (κ2) is 9.75. The van der Waals surface area contributed by atoms with E-state index < -0.39 is 0 Å². The summed E-state index contributed by atoms with van der Waals surface area (Å²) in [6.45, 7) is 1.89. The van der Waals surface area contributed by atoms with E-state index in [0.717, 1.165) is 38.9 Å². The molecule has 0 aliphatic carbocycles. The molecule has 0 aliphatic heterocycles. The lowest BCUT2D eigenvalue weighted by molar-refractivity contribution is 0.623. The molecule has 4 aromatic rings. The fourth-order valence-corrected chi connectivity index (χ4v) is 4.38. The molecule has 0 fully saturated rings. The highest BCUT2D eigenvalue weighted by molar-refractivity contribution is 9.10. The van der Waals surface area contributed by atoms with Gasteiger partial charge in [-0.2, -0.15) is 4.98 Å². The number of halogens is 2. The molecule has 0 amide bonds.